The number of hydrogen-bond acceptors (Lipinski definition) is 2. The third kappa shape index (κ3) is 4.11. The summed E-state index contributed by atoms with van der Waals surface area (Å²) in [6.07, 6.45) is 3.91. The van der Waals surface area contributed by atoms with Gasteiger partial charge >= 0.3 is 0 Å². The minimum atomic E-state index is -3.59. The Morgan fingerprint density at radius 2 is 1.83 bits per heavy atom. The summed E-state index contributed by atoms with van der Waals surface area (Å²) in [4.78, 5) is 0.221. The number of sulfonamides is 1. The molecule has 0 bridgehead atoms. The van der Waals surface area contributed by atoms with Gasteiger partial charge in [-0.2, -0.15) is 12.8 Å². The monoisotopic (exact) mass is 265 g/mol. The molecule has 98 valence electrons. The van der Waals surface area contributed by atoms with E-state index in [1.54, 1.807) is 30.3 Å². The Morgan fingerprint density at radius 1 is 1.28 bits per heavy atom. The van der Waals surface area contributed by atoms with E-state index < -0.39 is 10.0 Å². The number of hydrogen-bond donors (Lipinski definition) is 0. The summed E-state index contributed by atoms with van der Waals surface area (Å²) in [5.41, 5.74) is 0.712. The minimum absolute atomic E-state index is 0.221. The molecule has 1 aromatic rings. The van der Waals surface area contributed by atoms with Crippen molar-refractivity contribution in [3.05, 3.63) is 42.5 Å². The van der Waals surface area contributed by atoms with Gasteiger partial charge in [-0.3, -0.25) is 0 Å². The van der Waals surface area contributed by atoms with Crippen LogP contribution in [-0.2, 0) is 10.0 Å². The second kappa shape index (κ2) is 5.48. The molecule has 4 heteroatoms. The molecule has 18 heavy (non-hydrogen) atoms. The Morgan fingerprint density at radius 3 is 2.33 bits per heavy atom. The van der Waals surface area contributed by atoms with Crippen molar-refractivity contribution in [1.29, 1.82) is 0 Å². The van der Waals surface area contributed by atoms with Crippen LogP contribution in [0.2, 0.25) is 0 Å². The summed E-state index contributed by atoms with van der Waals surface area (Å²) in [5.74, 6) is 0. The Kier molecular flexibility index (Phi) is 4.46. The quantitative estimate of drug-likeness (QED) is 0.605. The molecular weight excluding hydrogens is 246 g/mol. The minimum Gasteiger partial charge on any atom is -0.199 e. The Labute approximate surface area is 109 Å². The van der Waals surface area contributed by atoms with E-state index in [0.717, 1.165) is 5.56 Å². The standard InChI is InChI=1S/C14H19NO2S/c1-5-10-14(3,4)11-15-18(16,17)13-8-6-12(2)7-9-13/h5-9,11H,1,10H2,2-4H3/b15-11-. The van der Waals surface area contributed by atoms with Gasteiger partial charge in [0.05, 0.1) is 4.90 Å². The zero-order valence-electron chi connectivity index (χ0n) is 11.1. The van der Waals surface area contributed by atoms with Gasteiger partial charge in [-0.05, 0) is 25.5 Å². The van der Waals surface area contributed by atoms with Crippen molar-refractivity contribution in [2.45, 2.75) is 32.1 Å². The molecule has 0 saturated carbocycles. The molecule has 0 aliphatic rings. The summed E-state index contributed by atoms with van der Waals surface area (Å²) < 4.78 is 27.7. The lowest BCUT2D eigenvalue weighted by Gasteiger charge is -2.15. The Hall–Kier alpha value is -1.42. The maximum Gasteiger partial charge on any atom is 0.281 e. The lowest BCUT2D eigenvalue weighted by atomic mass is 9.91. The van der Waals surface area contributed by atoms with Crippen LogP contribution in [0.5, 0.6) is 0 Å². The van der Waals surface area contributed by atoms with Crippen molar-refractivity contribution in [2.75, 3.05) is 0 Å². The summed E-state index contributed by atoms with van der Waals surface area (Å²) in [7, 11) is -3.59. The van der Waals surface area contributed by atoms with E-state index in [0.29, 0.717) is 6.42 Å². The summed E-state index contributed by atoms with van der Waals surface area (Å²) in [6, 6.07) is 6.67. The summed E-state index contributed by atoms with van der Waals surface area (Å²) in [5, 5.41) is 0. The topological polar surface area (TPSA) is 46.5 Å². The molecule has 3 nitrogen and oxygen atoms in total. The van der Waals surface area contributed by atoms with Gasteiger partial charge in [0.15, 0.2) is 0 Å². The number of rotatable bonds is 5. The van der Waals surface area contributed by atoms with Crippen LogP contribution in [0.1, 0.15) is 25.8 Å². The molecule has 0 aliphatic carbocycles. The predicted octanol–water partition coefficient (Wildman–Crippen LogP) is 3.36. The van der Waals surface area contributed by atoms with Gasteiger partial charge in [0.1, 0.15) is 0 Å². The maximum absolute atomic E-state index is 12.0. The molecule has 0 aliphatic heterocycles. The van der Waals surface area contributed by atoms with Crippen LogP contribution in [0.15, 0.2) is 46.2 Å². The lowest BCUT2D eigenvalue weighted by molar-refractivity contribution is 0.545. The molecule has 0 atom stereocenters. The first-order valence-electron chi connectivity index (χ1n) is 5.76. The van der Waals surface area contributed by atoms with Crippen molar-refractivity contribution in [3.8, 4) is 0 Å². The molecule has 0 fully saturated rings. The molecule has 0 unspecified atom stereocenters. The summed E-state index contributed by atoms with van der Waals surface area (Å²) >= 11 is 0. The Balaban J connectivity index is 2.98. The van der Waals surface area contributed by atoms with Crippen LogP contribution >= 0.6 is 0 Å². The largest absolute Gasteiger partial charge is 0.281 e. The highest BCUT2D eigenvalue weighted by Gasteiger charge is 2.16. The van der Waals surface area contributed by atoms with Crippen molar-refractivity contribution >= 4 is 16.2 Å². The van der Waals surface area contributed by atoms with E-state index in [1.807, 2.05) is 20.8 Å². The number of allylic oxidation sites excluding steroid dienone is 1. The van der Waals surface area contributed by atoms with Gasteiger partial charge < -0.3 is 0 Å². The molecule has 0 saturated heterocycles. The molecule has 0 N–H and O–H groups in total. The second-order valence-corrected chi connectivity index (χ2v) is 6.64. The van der Waals surface area contributed by atoms with Gasteiger partial charge in [0, 0.05) is 11.6 Å². The number of aryl methyl sites for hydroxylation is 1. The number of nitrogens with zero attached hydrogens (tertiary/aromatic N) is 1. The van der Waals surface area contributed by atoms with Gasteiger partial charge in [-0.15, -0.1) is 6.58 Å². The molecule has 0 spiro atoms. The highest BCUT2D eigenvalue weighted by molar-refractivity contribution is 7.90. The zero-order chi connectivity index (χ0) is 13.8. The van der Waals surface area contributed by atoms with E-state index in [4.69, 9.17) is 0 Å². The highest BCUT2D eigenvalue weighted by atomic mass is 32.2. The first-order chi connectivity index (χ1) is 8.27. The molecule has 0 amide bonds. The van der Waals surface area contributed by atoms with E-state index >= 15 is 0 Å². The molecule has 0 radical (unpaired) electrons. The molecular formula is C14H19NO2S. The van der Waals surface area contributed by atoms with Crippen LogP contribution in [0, 0.1) is 12.3 Å². The second-order valence-electron chi connectivity index (χ2n) is 5.00. The van der Waals surface area contributed by atoms with Crippen molar-refractivity contribution < 1.29 is 8.42 Å². The van der Waals surface area contributed by atoms with Gasteiger partial charge in [0.2, 0.25) is 0 Å². The van der Waals surface area contributed by atoms with E-state index in [2.05, 4.69) is 11.0 Å². The number of benzene rings is 1. The molecule has 1 rings (SSSR count). The Bertz CT molecular complexity index is 540. The fourth-order valence-electron chi connectivity index (χ4n) is 1.41. The van der Waals surface area contributed by atoms with Crippen molar-refractivity contribution in [2.24, 2.45) is 9.81 Å². The highest BCUT2D eigenvalue weighted by Crippen LogP contribution is 2.20. The van der Waals surface area contributed by atoms with Crippen LogP contribution in [0.3, 0.4) is 0 Å². The van der Waals surface area contributed by atoms with E-state index in [9.17, 15) is 8.42 Å². The smallest absolute Gasteiger partial charge is 0.199 e. The third-order valence-corrected chi connectivity index (χ3v) is 3.78. The first kappa shape index (κ1) is 14.6. The van der Waals surface area contributed by atoms with Gasteiger partial charge in [-0.1, -0.05) is 37.6 Å². The normalized spacial score (nSPS) is 12.8. The average molecular weight is 265 g/mol. The predicted molar refractivity (Wildman–Crippen MR) is 75.5 cm³/mol. The summed E-state index contributed by atoms with van der Waals surface area (Å²) in [6.45, 7) is 9.40. The fraction of sp³-hybridized carbons (Fsp3) is 0.357. The van der Waals surface area contributed by atoms with Crippen LogP contribution < -0.4 is 0 Å². The van der Waals surface area contributed by atoms with Gasteiger partial charge in [-0.25, -0.2) is 0 Å². The van der Waals surface area contributed by atoms with Crippen molar-refractivity contribution in [3.63, 3.8) is 0 Å². The maximum atomic E-state index is 12.0. The van der Waals surface area contributed by atoms with E-state index in [1.165, 1.54) is 6.21 Å². The van der Waals surface area contributed by atoms with Gasteiger partial charge in [0.25, 0.3) is 10.0 Å². The van der Waals surface area contributed by atoms with E-state index in [-0.39, 0.29) is 10.3 Å². The van der Waals surface area contributed by atoms with Crippen LogP contribution in [0.25, 0.3) is 0 Å². The van der Waals surface area contributed by atoms with Crippen molar-refractivity contribution in [1.82, 2.24) is 0 Å². The fourth-order valence-corrected chi connectivity index (χ4v) is 2.43. The molecule has 0 aromatic heterocycles. The average Bonchev–Trinajstić information content (AvgIpc) is 2.27. The SMILES string of the molecule is C=CCC(C)(C)/C=N\S(=O)(=O)c1ccc(C)cc1. The third-order valence-electron chi connectivity index (χ3n) is 2.53. The molecule has 1 aromatic carbocycles. The van der Waals surface area contributed by atoms with Crippen LogP contribution in [-0.4, -0.2) is 14.6 Å². The molecule has 0 heterocycles. The first-order valence-corrected chi connectivity index (χ1v) is 7.20. The van der Waals surface area contributed by atoms with Crippen LogP contribution in [0.4, 0.5) is 0 Å². The lowest BCUT2D eigenvalue weighted by Crippen LogP contribution is -2.13. The zero-order valence-corrected chi connectivity index (χ0v) is 11.9.